The third-order valence-electron chi connectivity index (χ3n) is 4.30. The Bertz CT molecular complexity index is 411. The minimum Gasteiger partial charge on any atom is -0.339 e. The van der Waals surface area contributed by atoms with Crippen molar-refractivity contribution in [3.63, 3.8) is 0 Å². The smallest absolute Gasteiger partial charge is 0.229 e. The third kappa shape index (κ3) is 2.82. The van der Waals surface area contributed by atoms with Crippen LogP contribution in [0.3, 0.4) is 0 Å². The molecule has 3 heterocycles. The van der Waals surface area contributed by atoms with Crippen LogP contribution < -0.4 is 5.32 Å². The highest BCUT2D eigenvalue weighted by atomic mass is 16.5. The maximum absolute atomic E-state index is 5.29. The Morgan fingerprint density at radius 1 is 1.37 bits per heavy atom. The van der Waals surface area contributed by atoms with Crippen molar-refractivity contribution in [3.05, 3.63) is 11.7 Å². The fourth-order valence-electron chi connectivity index (χ4n) is 3.29. The second-order valence-electron chi connectivity index (χ2n) is 6.09. The van der Waals surface area contributed by atoms with Crippen LogP contribution in [0, 0.1) is 0 Å². The number of nitrogens with one attached hydrogen (secondary N) is 1. The lowest BCUT2D eigenvalue weighted by Crippen LogP contribution is -2.43. The fraction of sp³-hybridized carbons (Fsp3) is 0.857. The lowest BCUT2D eigenvalue weighted by molar-refractivity contribution is 0.199. The van der Waals surface area contributed by atoms with E-state index in [4.69, 9.17) is 4.52 Å². The molecule has 2 fully saturated rings. The summed E-state index contributed by atoms with van der Waals surface area (Å²) in [4.78, 5) is 7.02. The Hall–Kier alpha value is -0.940. The third-order valence-corrected chi connectivity index (χ3v) is 4.30. The van der Waals surface area contributed by atoms with E-state index < -0.39 is 0 Å². The zero-order valence-electron chi connectivity index (χ0n) is 11.9. The first-order valence-electron chi connectivity index (χ1n) is 7.54. The first-order chi connectivity index (χ1) is 9.24. The van der Waals surface area contributed by atoms with Crippen LogP contribution in [0.2, 0.25) is 0 Å². The standard InChI is InChI=1S/C14H24N4O/c1-10(2)14-16-13(17-19-14)9-18-8-4-6-12(18)11-5-3-7-15-11/h10-12,15H,3-9H2,1-2H3. The largest absolute Gasteiger partial charge is 0.339 e. The molecule has 2 aliphatic rings. The zero-order chi connectivity index (χ0) is 13.2. The van der Waals surface area contributed by atoms with Gasteiger partial charge in [0, 0.05) is 18.0 Å². The van der Waals surface area contributed by atoms with Crippen LogP contribution in [-0.4, -0.2) is 40.2 Å². The molecule has 19 heavy (non-hydrogen) atoms. The van der Waals surface area contributed by atoms with Crippen molar-refractivity contribution < 1.29 is 4.52 Å². The Labute approximate surface area is 114 Å². The average molecular weight is 264 g/mol. The first-order valence-corrected chi connectivity index (χ1v) is 7.54. The van der Waals surface area contributed by atoms with Gasteiger partial charge >= 0.3 is 0 Å². The maximum Gasteiger partial charge on any atom is 0.229 e. The molecule has 106 valence electrons. The maximum atomic E-state index is 5.29. The molecule has 0 saturated carbocycles. The van der Waals surface area contributed by atoms with Crippen LogP contribution in [0.1, 0.15) is 57.2 Å². The van der Waals surface area contributed by atoms with Crippen LogP contribution in [0.4, 0.5) is 0 Å². The highest BCUT2D eigenvalue weighted by molar-refractivity contribution is 4.96. The normalized spacial score (nSPS) is 28.6. The molecule has 0 bridgehead atoms. The van der Waals surface area contributed by atoms with E-state index in [1.165, 1.54) is 32.2 Å². The minimum atomic E-state index is 0.312. The van der Waals surface area contributed by atoms with Gasteiger partial charge in [-0.3, -0.25) is 4.90 Å². The highest BCUT2D eigenvalue weighted by Gasteiger charge is 2.33. The summed E-state index contributed by atoms with van der Waals surface area (Å²) in [6.45, 7) is 7.33. The van der Waals surface area contributed by atoms with Crippen LogP contribution in [0.5, 0.6) is 0 Å². The summed E-state index contributed by atoms with van der Waals surface area (Å²) in [7, 11) is 0. The van der Waals surface area contributed by atoms with Crippen LogP contribution in [0.25, 0.3) is 0 Å². The molecule has 2 unspecified atom stereocenters. The Balaban J connectivity index is 1.64. The van der Waals surface area contributed by atoms with Crippen molar-refractivity contribution in [2.75, 3.05) is 13.1 Å². The van der Waals surface area contributed by atoms with Gasteiger partial charge in [0.25, 0.3) is 0 Å². The van der Waals surface area contributed by atoms with Crippen LogP contribution in [-0.2, 0) is 6.54 Å². The number of nitrogens with zero attached hydrogens (tertiary/aromatic N) is 3. The summed E-state index contributed by atoms with van der Waals surface area (Å²) < 4.78 is 5.29. The molecule has 0 amide bonds. The quantitative estimate of drug-likeness (QED) is 0.900. The summed E-state index contributed by atoms with van der Waals surface area (Å²) in [5, 5.41) is 7.75. The molecule has 2 aliphatic heterocycles. The van der Waals surface area contributed by atoms with E-state index in [-0.39, 0.29) is 0 Å². The minimum absolute atomic E-state index is 0.312. The van der Waals surface area contributed by atoms with Crippen molar-refractivity contribution in [2.24, 2.45) is 0 Å². The molecule has 1 aromatic heterocycles. The van der Waals surface area contributed by atoms with E-state index in [9.17, 15) is 0 Å². The van der Waals surface area contributed by atoms with E-state index >= 15 is 0 Å². The molecule has 1 N–H and O–H groups in total. The van der Waals surface area contributed by atoms with E-state index in [0.717, 1.165) is 24.8 Å². The second kappa shape index (κ2) is 5.59. The van der Waals surface area contributed by atoms with Gasteiger partial charge in [0.05, 0.1) is 6.54 Å². The molecule has 5 nitrogen and oxygen atoms in total. The lowest BCUT2D eigenvalue weighted by atomic mass is 10.0. The van der Waals surface area contributed by atoms with E-state index in [2.05, 4.69) is 34.2 Å². The average Bonchev–Trinajstić information content (AvgIpc) is 3.09. The second-order valence-corrected chi connectivity index (χ2v) is 6.09. The van der Waals surface area contributed by atoms with Crippen molar-refractivity contribution >= 4 is 0 Å². The lowest BCUT2D eigenvalue weighted by Gasteiger charge is -2.28. The van der Waals surface area contributed by atoms with Crippen molar-refractivity contribution in [3.8, 4) is 0 Å². The number of hydrogen-bond acceptors (Lipinski definition) is 5. The molecule has 3 rings (SSSR count). The monoisotopic (exact) mass is 264 g/mol. The summed E-state index contributed by atoms with van der Waals surface area (Å²) in [5.74, 6) is 1.91. The predicted octanol–water partition coefficient (Wildman–Crippen LogP) is 1.91. The Morgan fingerprint density at radius 2 is 2.26 bits per heavy atom. The topological polar surface area (TPSA) is 54.2 Å². The fourth-order valence-corrected chi connectivity index (χ4v) is 3.29. The summed E-state index contributed by atoms with van der Waals surface area (Å²) in [5.41, 5.74) is 0. The first kappa shape index (κ1) is 13.1. The van der Waals surface area contributed by atoms with Gasteiger partial charge in [0.1, 0.15) is 0 Å². The summed E-state index contributed by atoms with van der Waals surface area (Å²) in [6.07, 6.45) is 5.21. The Kier molecular flexibility index (Phi) is 3.84. The van der Waals surface area contributed by atoms with E-state index in [0.29, 0.717) is 18.0 Å². The zero-order valence-corrected chi connectivity index (χ0v) is 11.9. The van der Waals surface area contributed by atoms with Crippen molar-refractivity contribution in [1.82, 2.24) is 20.4 Å². The molecule has 0 aliphatic carbocycles. The molecule has 0 spiro atoms. The predicted molar refractivity (Wildman–Crippen MR) is 72.8 cm³/mol. The Morgan fingerprint density at radius 3 is 2.95 bits per heavy atom. The molecular weight excluding hydrogens is 240 g/mol. The van der Waals surface area contributed by atoms with Gasteiger partial charge in [-0.05, 0) is 38.8 Å². The molecule has 1 aromatic rings. The molecule has 0 aromatic carbocycles. The SMILES string of the molecule is CC(C)c1nc(CN2CCCC2C2CCCN2)no1. The number of rotatable bonds is 4. The molecule has 2 atom stereocenters. The molecule has 5 heteroatoms. The van der Waals surface area contributed by atoms with Crippen molar-refractivity contribution in [2.45, 2.75) is 64.1 Å². The number of hydrogen-bond donors (Lipinski definition) is 1. The molecule has 2 saturated heterocycles. The van der Waals surface area contributed by atoms with Gasteiger partial charge in [0.2, 0.25) is 5.89 Å². The van der Waals surface area contributed by atoms with Gasteiger partial charge in [-0.15, -0.1) is 0 Å². The van der Waals surface area contributed by atoms with Gasteiger partial charge in [0.15, 0.2) is 5.82 Å². The number of aromatic nitrogens is 2. The highest BCUT2D eigenvalue weighted by Crippen LogP contribution is 2.26. The molecule has 0 radical (unpaired) electrons. The molecular formula is C14H24N4O. The van der Waals surface area contributed by atoms with Crippen LogP contribution in [0.15, 0.2) is 4.52 Å². The van der Waals surface area contributed by atoms with Gasteiger partial charge in [-0.1, -0.05) is 19.0 Å². The summed E-state index contributed by atoms with van der Waals surface area (Å²) >= 11 is 0. The number of likely N-dealkylation sites (tertiary alicyclic amines) is 1. The van der Waals surface area contributed by atoms with E-state index in [1.807, 2.05) is 0 Å². The van der Waals surface area contributed by atoms with E-state index in [1.54, 1.807) is 0 Å². The van der Waals surface area contributed by atoms with Gasteiger partial charge < -0.3 is 9.84 Å². The summed E-state index contributed by atoms with van der Waals surface area (Å²) in [6, 6.07) is 1.32. The van der Waals surface area contributed by atoms with Gasteiger partial charge in [-0.2, -0.15) is 4.98 Å². The van der Waals surface area contributed by atoms with Crippen LogP contribution >= 0.6 is 0 Å². The van der Waals surface area contributed by atoms with Gasteiger partial charge in [-0.25, -0.2) is 0 Å². The van der Waals surface area contributed by atoms with Crippen molar-refractivity contribution in [1.29, 1.82) is 0 Å².